The molecule has 5 nitrogen and oxygen atoms in total. The first kappa shape index (κ1) is 30.7. The van der Waals surface area contributed by atoms with Gasteiger partial charge in [-0.15, -0.1) is 0 Å². The number of hydrogen-bond donors (Lipinski definition) is 0. The topological polar surface area (TPSA) is 118 Å². The SMILES string of the molecule is O.O=P([O-])([O-])[O-].[Li+].[Li+].[Li+]. The average molecular weight is 134 g/mol. The number of phosphoric acid groups is 1. The number of rotatable bonds is 0. The zero-order valence-corrected chi connectivity index (χ0v) is 6.47. The van der Waals surface area contributed by atoms with Gasteiger partial charge in [0.2, 0.25) is 0 Å². The Bertz CT molecular complexity index is 58.3. The Morgan fingerprint density at radius 3 is 0.889 bits per heavy atom. The Balaban J connectivity index is -0.0000000133. The third-order valence-electron chi connectivity index (χ3n) is 0. The summed E-state index contributed by atoms with van der Waals surface area (Å²) in [6, 6.07) is 0. The zero-order valence-electron chi connectivity index (χ0n) is 5.58. The van der Waals surface area contributed by atoms with Gasteiger partial charge in [-0.3, -0.25) is 0 Å². The summed E-state index contributed by atoms with van der Waals surface area (Å²) in [7, 11) is -5.39. The fraction of sp³-hybridized carbons (Fsp3) is 0. The van der Waals surface area contributed by atoms with Gasteiger partial charge in [-0.25, -0.2) is 0 Å². The summed E-state index contributed by atoms with van der Waals surface area (Å²) in [5.41, 5.74) is 0. The summed E-state index contributed by atoms with van der Waals surface area (Å²) in [4.78, 5) is 25.6. The summed E-state index contributed by atoms with van der Waals surface area (Å²) in [5, 5.41) is 0. The van der Waals surface area contributed by atoms with Crippen molar-refractivity contribution in [1.82, 2.24) is 0 Å². The molecule has 0 aromatic carbocycles. The maximum atomic E-state index is 8.55. The van der Waals surface area contributed by atoms with E-state index in [-0.39, 0.29) is 62.1 Å². The first-order valence-electron chi connectivity index (χ1n) is 0.730. The smallest absolute Gasteiger partial charge is 0.822 e. The molecule has 0 atom stereocenters. The zero-order chi connectivity index (χ0) is 4.50. The van der Waals surface area contributed by atoms with Crippen molar-refractivity contribution in [3.05, 3.63) is 0 Å². The van der Waals surface area contributed by atoms with Gasteiger partial charge in [0.25, 0.3) is 0 Å². The molecule has 0 spiro atoms. The molecule has 0 unspecified atom stereocenters. The van der Waals surface area contributed by atoms with Crippen LogP contribution in [0.5, 0.6) is 0 Å². The van der Waals surface area contributed by atoms with E-state index in [4.69, 9.17) is 19.2 Å². The molecule has 0 bridgehead atoms. The van der Waals surface area contributed by atoms with Crippen LogP contribution in [0.25, 0.3) is 0 Å². The fourth-order valence-electron chi connectivity index (χ4n) is 0. The van der Waals surface area contributed by atoms with E-state index in [0.29, 0.717) is 0 Å². The predicted octanol–water partition coefficient (Wildman–Crippen LogP) is -12.6. The van der Waals surface area contributed by atoms with Crippen molar-refractivity contribution in [1.29, 1.82) is 0 Å². The van der Waals surface area contributed by atoms with Gasteiger partial charge in [0, 0.05) is 0 Å². The largest absolute Gasteiger partial charge is 1.00 e. The summed E-state index contributed by atoms with van der Waals surface area (Å²) in [6.07, 6.45) is 0. The Morgan fingerprint density at radius 1 is 0.889 bits per heavy atom. The molecule has 40 valence electrons. The maximum Gasteiger partial charge on any atom is 1.00 e. The standard InChI is InChI=1S/3Li.H3O4P.H2O/c;;;1-5(2,3)4;/h;;;(H3,1,2,3,4);1H2/q3*+1;;/p-3. The van der Waals surface area contributed by atoms with Gasteiger partial charge >= 0.3 is 56.6 Å². The van der Waals surface area contributed by atoms with Gasteiger partial charge in [0.05, 0.1) is 0 Å². The Hall–Kier alpha value is 1.86. The molecule has 9 heavy (non-hydrogen) atoms. The molecule has 0 aromatic rings. The molecule has 0 saturated carbocycles. The average Bonchev–Trinajstić information content (AvgIpc) is 0.722. The monoisotopic (exact) mass is 134 g/mol. The van der Waals surface area contributed by atoms with Crippen LogP contribution in [0.4, 0.5) is 0 Å². The first-order chi connectivity index (χ1) is 2.00. The van der Waals surface area contributed by atoms with Gasteiger partial charge in [-0.1, -0.05) is 0 Å². The van der Waals surface area contributed by atoms with Crippen LogP contribution in [0.15, 0.2) is 0 Å². The van der Waals surface area contributed by atoms with E-state index in [1.807, 2.05) is 0 Å². The summed E-state index contributed by atoms with van der Waals surface area (Å²) in [5.74, 6) is 0. The summed E-state index contributed by atoms with van der Waals surface area (Å²) >= 11 is 0. The van der Waals surface area contributed by atoms with Crippen LogP contribution in [0.1, 0.15) is 0 Å². The van der Waals surface area contributed by atoms with E-state index in [9.17, 15) is 0 Å². The maximum absolute atomic E-state index is 8.55. The van der Waals surface area contributed by atoms with Crippen LogP contribution in [-0.2, 0) is 4.57 Å². The van der Waals surface area contributed by atoms with Gasteiger partial charge < -0.3 is 24.7 Å². The van der Waals surface area contributed by atoms with E-state index in [1.165, 1.54) is 0 Å². The van der Waals surface area contributed by atoms with Crippen LogP contribution >= 0.6 is 7.82 Å². The molecule has 0 amide bonds. The molecule has 0 rings (SSSR count). The molecule has 0 radical (unpaired) electrons. The van der Waals surface area contributed by atoms with Crippen molar-refractivity contribution < 1.29 is 81.3 Å². The molecule has 0 fully saturated rings. The van der Waals surface area contributed by atoms with Crippen molar-refractivity contribution in [2.45, 2.75) is 0 Å². The molecule has 0 aliphatic carbocycles. The van der Waals surface area contributed by atoms with Gasteiger partial charge in [0.15, 0.2) is 0 Å². The quantitative estimate of drug-likeness (QED) is 0.241. The van der Waals surface area contributed by atoms with Crippen molar-refractivity contribution in [2.24, 2.45) is 0 Å². The van der Waals surface area contributed by atoms with Crippen LogP contribution in [-0.4, -0.2) is 5.48 Å². The fourth-order valence-corrected chi connectivity index (χ4v) is 0. The van der Waals surface area contributed by atoms with Crippen molar-refractivity contribution in [3.63, 3.8) is 0 Å². The second kappa shape index (κ2) is 12.5. The molecule has 0 aliphatic rings. The second-order valence-corrected chi connectivity index (χ2v) is 1.34. The van der Waals surface area contributed by atoms with E-state index < -0.39 is 7.82 Å². The minimum Gasteiger partial charge on any atom is -0.822 e. The van der Waals surface area contributed by atoms with Crippen LogP contribution in [0.2, 0.25) is 0 Å². The third kappa shape index (κ3) is 176. The third-order valence-corrected chi connectivity index (χ3v) is 0. The Kier molecular flexibility index (Phi) is 42.8. The van der Waals surface area contributed by atoms with E-state index in [0.717, 1.165) is 0 Å². The molecular formula is H2Li3O5P. The molecule has 0 saturated heterocycles. The summed E-state index contributed by atoms with van der Waals surface area (Å²) < 4.78 is 8.55. The predicted molar refractivity (Wildman–Crippen MR) is 11.2 cm³/mol. The van der Waals surface area contributed by atoms with E-state index in [2.05, 4.69) is 0 Å². The Morgan fingerprint density at radius 2 is 0.889 bits per heavy atom. The van der Waals surface area contributed by atoms with E-state index >= 15 is 0 Å². The van der Waals surface area contributed by atoms with Crippen molar-refractivity contribution in [3.8, 4) is 0 Å². The van der Waals surface area contributed by atoms with Crippen LogP contribution < -0.4 is 71.3 Å². The van der Waals surface area contributed by atoms with Gasteiger partial charge in [0.1, 0.15) is 0 Å². The molecule has 0 heterocycles. The molecule has 9 heteroatoms. The number of hydrogen-bond acceptors (Lipinski definition) is 4. The molecular weight excluding hydrogens is 132 g/mol. The van der Waals surface area contributed by atoms with Crippen LogP contribution in [0.3, 0.4) is 0 Å². The normalized spacial score (nSPS) is 6.56. The van der Waals surface area contributed by atoms with Crippen LogP contribution in [0, 0.1) is 0 Å². The second-order valence-electron chi connectivity index (χ2n) is 0.447. The minimum atomic E-state index is -5.39. The molecule has 2 N–H and O–H groups in total. The van der Waals surface area contributed by atoms with E-state index in [1.54, 1.807) is 0 Å². The summed E-state index contributed by atoms with van der Waals surface area (Å²) in [6.45, 7) is 0. The molecule has 0 aromatic heterocycles. The Labute approximate surface area is 88.7 Å². The van der Waals surface area contributed by atoms with Gasteiger partial charge in [-0.2, -0.15) is 7.82 Å². The van der Waals surface area contributed by atoms with Gasteiger partial charge in [-0.05, 0) is 0 Å². The van der Waals surface area contributed by atoms with Crippen molar-refractivity contribution >= 4 is 7.82 Å². The first-order valence-corrected chi connectivity index (χ1v) is 2.19. The minimum absolute atomic E-state index is 0. The molecule has 0 aliphatic heterocycles. The van der Waals surface area contributed by atoms with Crippen molar-refractivity contribution in [2.75, 3.05) is 0 Å².